The molecular formula is C19H24N2O2S. The van der Waals surface area contributed by atoms with Crippen molar-refractivity contribution in [3.05, 3.63) is 60.4 Å². The summed E-state index contributed by atoms with van der Waals surface area (Å²) < 4.78 is 7.92. The maximum atomic E-state index is 13.1. The van der Waals surface area contributed by atoms with Crippen LogP contribution in [0.25, 0.3) is 0 Å². The third-order valence-corrected chi connectivity index (χ3v) is 5.06. The number of carbonyl (C=O) groups is 1. The number of rotatable bonds is 6. The first-order valence-corrected chi connectivity index (χ1v) is 9.75. The van der Waals surface area contributed by atoms with Crippen LogP contribution in [0.1, 0.15) is 24.1 Å². The molecule has 3 rings (SSSR count). The number of morpholine rings is 1. The zero-order chi connectivity index (χ0) is 16.8. The van der Waals surface area contributed by atoms with Crippen molar-refractivity contribution in [2.24, 2.45) is 0 Å². The number of amides is 1. The fraction of sp³-hybridized carbons (Fsp3) is 0.421. The molecule has 1 aromatic carbocycles. The minimum Gasteiger partial charge on any atom is -0.370 e. The molecule has 0 spiro atoms. The van der Waals surface area contributed by atoms with Gasteiger partial charge in [0.1, 0.15) is 12.1 Å². The molecule has 0 radical (unpaired) electrons. The SMILES string of the molecule is CSCC[C@@H](C(=O)N1CCOC(c2ccccc2)C1)n1cccc1. The number of ether oxygens (including phenoxy) is 1. The predicted octanol–water partition coefficient (Wildman–Crippen LogP) is 3.38. The molecule has 0 N–H and O–H groups in total. The number of nitrogens with zero attached hydrogens (tertiary/aromatic N) is 2. The van der Waals surface area contributed by atoms with Crippen LogP contribution in [-0.2, 0) is 9.53 Å². The van der Waals surface area contributed by atoms with Crippen LogP contribution < -0.4 is 0 Å². The Morgan fingerprint density at radius 3 is 2.71 bits per heavy atom. The number of aromatic nitrogens is 1. The number of hydrogen-bond donors (Lipinski definition) is 0. The first-order chi connectivity index (χ1) is 11.8. The van der Waals surface area contributed by atoms with Gasteiger partial charge in [0, 0.05) is 18.9 Å². The lowest BCUT2D eigenvalue weighted by molar-refractivity contribution is -0.142. The summed E-state index contributed by atoms with van der Waals surface area (Å²) in [5.74, 6) is 1.17. The van der Waals surface area contributed by atoms with E-state index < -0.39 is 0 Å². The van der Waals surface area contributed by atoms with Crippen molar-refractivity contribution in [3.8, 4) is 0 Å². The van der Waals surface area contributed by atoms with Gasteiger partial charge >= 0.3 is 0 Å². The lowest BCUT2D eigenvalue weighted by Gasteiger charge is -2.35. The van der Waals surface area contributed by atoms with Gasteiger partial charge in [0.2, 0.25) is 5.91 Å². The van der Waals surface area contributed by atoms with Gasteiger partial charge < -0.3 is 14.2 Å². The van der Waals surface area contributed by atoms with Gasteiger partial charge in [-0.25, -0.2) is 0 Å². The molecule has 1 amide bonds. The Bertz CT molecular complexity index is 630. The van der Waals surface area contributed by atoms with Crippen LogP contribution in [0.5, 0.6) is 0 Å². The average Bonchev–Trinajstić information content (AvgIpc) is 3.17. The van der Waals surface area contributed by atoms with E-state index in [-0.39, 0.29) is 18.1 Å². The second kappa shape index (κ2) is 8.40. The van der Waals surface area contributed by atoms with E-state index in [0.29, 0.717) is 19.7 Å². The molecule has 2 atom stereocenters. The summed E-state index contributed by atoms with van der Waals surface area (Å²) in [6, 6.07) is 14.0. The molecule has 128 valence electrons. The van der Waals surface area contributed by atoms with Gasteiger partial charge in [0.05, 0.1) is 13.2 Å². The summed E-state index contributed by atoms with van der Waals surface area (Å²) in [5.41, 5.74) is 1.14. The van der Waals surface area contributed by atoms with Gasteiger partial charge in [0.25, 0.3) is 0 Å². The van der Waals surface area contributed by atoms with Crippen molar-refractivity contribution in [2.45, 2.75) is 18.6 Å². The Balaban J connectivity index is 1.72. The zero-order valence-corrected chi connectivity index (χ0v) is 14.8. The minimum absolute atomic E-state index is 0.0326. The van der Waals surface area contributed by atoms with Crippen LogP contribution in [0.15, 0.2) is 54.9 Å². The van der Waals surface area contributed by atoms with Crippen molar-refractivity contribution in [1.82, 2.24) is 9.47 Å². The van der Waals surface area contributed by atoms with E-state index in [9.17, 15) is 4.79 Å². The van der Waals surface area contributed by atoms with Gasteiger partial charge in [-0.3, -0.25) is 4.79 Å². The summed E-state index contributed by atoms with van der Waals surface area (Å²) in [7, 11) is 0. The molecule has 0 saturated carbocycles. The van der Waals surface area contributed by atoms with Crippen LogP contribution in [0, 0.1) is 0 Å². The van der Waals surface area contributed by atoms with Gasteiger partial charge in [-0.2, -0.15) is 11.8 Å². The van der Waals surface area contributed by atoms with E-state index in [2.05, 4.69) is 18.4 Å². The molecule has 5 heteroatoms. The molecule has 0 aliphatic carbocycles. The molecule has 4 nitrogen and oxygen atoms in total. The van der Waals surface area contributed by atoms with Crippen LogP contribution in [0.4, 0.5) is 0 Å². The molecule has 24 heavy (non-hydrogen) atoms. The van der Waals surface area contributed by atoms with Crippen LogP contribution in [0.2, 0.25) is 0 Å². The lowest BCUT2D eigenvalue weighted by Crippen LogP contribution is -2.45. The molecule has 2 heterocycles. The number of carbonyl (C=O) groups excluding carboxylic acids is 1. The monoisotopic (exact) mass is 344 g/mol. The molecular weight excluding hydrogens is 320 g/mol. The highest BCUT2D eigenvalue weighted by atomic mass is 32.2. The summed E-state index contributed by atoms with van der Waals surface area (Å²) in [6.07, 6.45) is 6.87. The number of benzene rings is 1. The molecule has 0 bridgehead atoms. The van der Waals surface area contributed by atoms with E-state index in [1.54, 1.807) is 11.8 Å². The Labute approximate surface area is 147 Å². The summed E-state index contributed by atoms with van der Waals surface area (Å²) in [4.78, 5) is 15.1. The maximum Gasteiger partial charge on any atom is 0.245 e. The second-order valence-corrected chi connectivity index (χ2v) is 6.97. The Kier molecular flexibility index (Phi) is 5.99. The Morgan fingerprint density at radius 2 is 2.00 bits per heavy atom. The van der Waals surface area contributed by atoms with Crippen molar-refractivity contribution < 1.29 is 9.53 Å². The largest absolute Gasteiger partial charge is 0.370 e. The average molecular weight is 344 g/mol. The standard InChI is InChI=1S/C19H24N2O2S/c1-24-14-9-17(20-10-5-6-11-20)19(22)21-12-13-23-18(15-21)16-7-3-2-4-8-16/h2-8,10-11,17-18H,9,12-15H2,1H3/t17-,18?/m0/s1. The highest BCUT2D eigenvalue weighted by Crippen LogP contribution is 2.25. The Morgan fingerprint density at radius 1 is 1.25 bits per heavy atom. The fourth-order valence-corrected chi connectivity index (χ4v) is 3.57. The predicted molar refractivity (Wildman–Crippen MR) is 98.2 cm³/mol. The quantitative estimate of drug-likeness (QED) is 0.806. The molecule has 1 aliphatic heterocycles. The fourth-order valence-electron chi connectivity index (χ4n) is 3.11. The summed E-state index contributed by atoms with van der Waals surface area (Å²) in [6.45, 7) is 1.88. The highest BCUT2D eigenvalue weighted by molar-refractivity contribution is 7.98. The molecule has 1 saturated heterocycles. The van der Waals surface area contributed by atoms with Crippen molar-refractivity contribution in [3.63, 3.8) is 0 Å². The third-order valence-electron chi connectivity index (χ3n) is 4.42. The van der Waals surface area contributed by atoms with E-state index in [4.69, 9.17) is 4.74 Å². The maximum absolute atomic E-state index is 13.1. The topological polar surface area (TPSA) is 34.5 Å². The van der Waals surface area contributed by atoms with Crippen molar-refractivity contribution in [2.75, 3.05) is 31.7 Å². The smallest absolute Gasteiger partial charge is 0.245 e. The normalized spacial score (nSPS) is 19.2. The summed E-state index contributed by atoms with van der Waals surface area (Å²) in [5, 5.41) is 0. The molecule has 1 aliphatic rings. The van der Waals surface area contributed by atoms with Gasteiger partial charge in [0.15, 0.2) is 0 Å². The van der Waals surface area contributed by atoms with E-state index >= 15 is 0 Å². The third kappa shape index (κ3) is 4.02. The van der Waals surface area contributed by atoms with Gasteiger partial charge in [-0.15, -0.1) is 0 Å². The minimum atomic E-state index is -0.123. The van der Waals surface area contributed by atoms with Gasteiger partial charge in [-0.1, -0.05) is 30.3 Å². The van der Waals surface area contributed by atoms with Crippen molar-refractivity contribution >= 4 is 17.7 Å². The second-order valence-electron chi connectivity index (χ2n) is 5.98. The number of thioether (sulfide) groups is 1. The van der Waals surface area contributed by atoms with Crippen molar-refractivity contribution in [1.29, 1.82) is 0 Å². The first-order valence-electron chi connectivity index (χ1n) is 8.36. The van der Waals surface area contributed by atoms with Crippen LogP contribution in [0.3, 0.4) is 0 Å². The first kappa shape index (κ1) is 17.1. The molecule has 1 unspecified atom stereocenters. The zero-order valence-electron chi connectivity index (χ0n) is 14.0. The van der Waals surface area contributed by atoms with E-state index in [0.717, 1.165) is 17.7 Å². The lowest BCUT2D eigenvalue weighted by atomic mass is 10.1. The molecule has 1 fully saturated rings. The Hall–Kier alpha value is -1.72. The van der Waals surface area contributed by atoms with E-state index in [1.165, 1.54) is 0 Å². The molecule has 1 aromatic heterocycles. The van der Waals surface area contributed by atoms with Crippen LogP contribution >= 0.6 is 11.8 Å². The number of hydrogen-bond acceptors (Lipinski definition) is 3. The summed E-state index contributed by atoms with van der Waals surface area (Å²) >= 11 is 1.78. The molecule has 2 aromatic rings. The van der Waals surface area contributed by atoms with Crippen LogP contribution in [-0.4, -0.2) is 47.1 Å². The van der Waals surface area contributed by atoms with Gasteiger partial charge in [-0.05, 0) is 36.1 Å². The highest BCUT2D eigenvalue weighted by Gasteiger charge is 2.30. The van der Waals surface area contributed by atoms with E-state index in [1.807, 2.05) is 52.2 Å².